The number of nitrogens with zero attached hydrogens (tertiary/aromatic N) is 3. The van der Waals surface area contributed by atoms with Gasteiger partial charge in [-0.1, -0.05) is 0 Å². The van der Waals surface area contributed by atoms with Gasteiger partial charge in [0.05, 0.1) is 13.3 Å². The zero-order valence-electron chi connectivity index (χ0n) is 17.4. The lowest BCUT2D eigenvalue weighted by Gasteiger charge is -2.27. The summed E-state index contributed by atoms with van der Waals surface area (Å²) in [6.07, 6.45) is -6.09. The second-order valence-corrected chi connectivity index (χ2v) is 11.5. The molecule has 194 valence electrons. The molecule has 8 N–H and O–H groups in total. The molecule has 2 aliphatic heterocycles. The van der Waals surface area contributed by atoms with Crippen molar-refractivity contribution in [2.24, 2.45) is 0 Å². The van der Waals surface area contributed by atoms with Crippen molar-refractivity contribution in [1.82, 2.24) is 9.97 Å². The maximum atomic E-state index is 12.3. The van der Waals surface area contributed by atoms with Crippen LogP contribution in [0.4, 0.5) is 17.5 Å². The van der Waals surface area contributed by atoms with Crippen LogP contribution >= 0.6 is 23.5 Å². The first-order valence-electron chi connectivity index (χ1n) is 9.13. The molecule has 0 amide bonds. The summed E-state index contributed by atoms with van der Waals surface area (Å²) < 4.78 is 51.1. The monoisotopic (exact) mass is 553 g/mol. The van der Waals surface area contributed by atoms with Crippen LogP contribution in [0.5, 0.6) is 0 Å². The van der Waals surface area contributed by atoms with Gasteiger partial charge in [-0.05, 0) is 0 Å². The zero-order valence-corrected chi connectivity index (χ0v) is 20.0. The molecule has 3 rings (SSSR count). The molecule has 0 radical (unpaired) electrons. The normalized spacial score (nSPS) is 28.5. The Hall–Kier alpha value is -1.43. The molecule has 19 nitrogen and oxygen atoms in total. The lowest BCUT2D eigenvalue weighted by Crippen LogP contribution is -2.45. The van der Waals surface area contributed by atoms with Crippen LogP contribution in [0.25, 0.3) is 0 Å². The molecule has 0 spiro atoms. The lowest BCUT2D eigenvalue weighted by molar-refractivity contribution is -0.0217. The summed E-state index contributed by atoms with van der Waals surface area (Å²) in [7, 11) is -13.7. The van der Waals surface area contributed by atoms with Gasteiger partial charge in [-0.25, -0.2) is 13.7 Å². The second kappa shape index (κ2) is 9.55. The maximum Gasteiger partial charge on any atom is 0.490 e. The first-order valence-corrected chi connectivity index (χ1v) is 13.7. The van der Waals surface area contributed by atoms with Crippen LogP contribution in [0.3, 0.4) is 0 Å². The number of nitrogens with one attached hydrogen (secondary N) is 2. The Morgan fingerprint density at radius 3 is 2.38 bits per heavy atom. The average molecular weight is 553 g/mol. The number of aliphatic hydroxyl groups is 2. The fourth-order valence-electron chi connectivity index (χ4n) is 3.28. The third-order valence-electron chi connectivity index (χ3n) is 4.59. The van der Waals surface area contributed by atoms with Crippen molar-refractivity contribution >= 4 is 40.9 Å². The standard InChI is InChI=1S/C12H22N5O14P3/c1-13-12-14-9-6(10(20)15-12)16(2)4-17(9)11-8(19)7(18)5(29-11)3-28-33(24,25)31-34(26,27)30-32(21,22)23/h5,7-8,11,18-19H,3-4H2,1-2H3,(H,24,25)(H,26,27)(H2,21,22,23)(H2,13,14,15,20)/t5-,7-,8-,11-/m1/s1. The van der Waals surface area contributed by atoms with Gasteiger partial charge in [0.15, 0.2) is 12.0 Å². The molecule has 22 heteroatoms. The van der Waals surface area contributed by atoms with Crippen molar-refractivity contribution in [3.05, 3.63) is 10.4 Å². The number of rotatable bonds is 9. The number of aliphatic hydroxyl groups excluding tert-OH is 2. The quantitative estimate of drug-likeness (QED) is 0.151. The summed E-state index contributed by atoms with van der Waals surface area (Å²) in [5.74, 6) is 0.224. The molecule has 1 saturated heterocycles. The SMILES string of the molecule is CNc1nc2c(c(=O)[nH]1)N(C)CN2[C@@H]1O[C@H](COP(=O)(O)OP(=O)(O)OP(=O)(O)O)[C@@H](O)[C@H]1O. The van der Waals surface area contributed by atoms with E-state index < -0.39 is 60.2 Å². The van der Waals surface area contributed by atoms with Crippen LogP contribution in [-0.4, -0.2) is 91.7 Å². The van der Waals surface area contributed by atoms with Crippen molar-refractivity contribution in [2.45, 2.75) is 24.5 Å². The Bertz CT molecular complexity index is 1130. The smallest absolute Gasteiger partial charge is 0.387 e. The second-order valence-electron chi connectivity index (χ2n) is 7.08. The van der Waals surface area contributed by atoms with Crippen molar-refractivity contribution in [3.63, 3.8) is 0 Å². The van der Waals surface area contributed by atoms with Crippen LogP contribution in [0, 0.1) is 0 Å². The van der Waals surface area contributed by atoms with E-state index in [1.165, 1.54) is 16.8 Å². The number of H-pyrrole nitrogens is 1. The fourth-order valence-corrected chi connectivity index (χ4v) is 6.31. The van der Waals surface area contributed by atoms with E-state index in [9.17, 15) is 38.5 Å². The van der Waals surface area contributed by atoms with E-state index in [0.29, 0.717) is 0 Å². The largest absolute Gasteiger partial charge is 0.490 e. The minimum absolute atomic E-state index is 0.00954. The van der Waals surface area contributed by atoms with E-state index >= 15 is 0 Å². The van der Waals surface area contributed by atoms with Crippen molar-refractivity contribution < 1.29 is 61.4 Å². The van der Waals surface area contributed by atoms with E-state index in [0.717, 1.165) is 0 Å². The number of fused-ring (bicyclic) bond motifs is 1. The maximum absolute atomic E-state index is 12.3. The van der Waals surface area contributed by atoms with Crippen molar-refractivity contribution in [1.29, 1.82) is 0 Å². The molecule has 2 aliphatic rings. The molecule has 1 aromatic heterocycles. The van der Waals surface area contributed by atoms with Crippen LogP contribution in [0.2, 0.25) is 0 Å². The van der Waals surface area contributed by atoms with E-state index in [1.54, 1.807) is 7.05 Å². The molecule has 6 atom stereocenters. The Morgan fingerprint density at radius 2 is 1.79 bits per heavy atom. The lowest BCUT2D eigenvalue weighted by atomic mass is 10.1. The summed E-state index contributed by atoms with van der Waals surface area (Å²) in [5.41, 5.74) is -0.336. The fraction of sp³-hybridized carbons (Fsp3) is 0.667. The van der Waals surface area contributed by atoms with Gasteiger partial charge in [0.2, 0.25) is 5.95 Å². The molecule has 2 unspecified atom stereocenters. The topological polar surface area (TPSA) is 274 Å². The molecular formula is C12H22N5O14P3. The molecule has 3 heterocycles. The summed E-state index contributed by atoms with van der Waals surface area (Å²) in [6, 6.07) is 0. The molecule has 34 heavy (non-hydrogen) atoms. The summed E-state index contributed by atoms with van der Waals surface area (Å²) in [5, 5.41) is 23.4. The van der Waals surface area contributed by atoms with Crippen LogP contribution in [0.1, 0.15) is 0 Å². The van der Waals surface area contributed by atoms with Gasteiger partial charge in [0, 0.05) is 14.1 Å². The van der Waals surface area contributed by atoms with Gasteiger partial charge in [-0.2, -0.15) is 13.6 Å². The van der Waals surface area contributed by atoms with Gasteiger partial charge in [0.25, 0.3) is 5.56 Å². The Labute approximate surface area is 190 Å². The van der Waals surface area contributed by atoms with E-state index in [-0.39, 0.29) is 24.1 Å². The van der Waals surface area contributed by atoms with E-state index in [1.807, 2.05) is 0 Å². The van der Waals surface area contributed by atoms with Gasteiger partial charge >= 0.3 is 23.5 Å². The van der Waals surface area contributed by atoms with Crippen LogP contribution < -0.4 is 20.7 Å². The molecule has 0 aliphatic carbocycles. The molecule has 1 fully saturated rings. The predicted molar refractivity (Wildman–Crippen MR) is 111 cm³/mol. The number of anilines is 3. The van der Waals surface area contributed by atoms with Crippen molar-refractivity contribution in [3.8, 4) is 0 Å². The first kappa shape index (κ1) is 27.2. The zero-order chi connectivity index (χ0) is 25.6. The van der Waals surface area contributed by atoms with E-state index in [4.69, 9.17) is 14.5 Å². The highest BCUT2D eigenvalue weighted by molar-refractivity contribution is 7.66. The van der Waals surface area contributed by atoms with Crippen LogP contribution in [-0.2, 0) is 31.6 Å². The minimum Gasteiger partial charge on any atom is -0.387 e. The van der Waals surface area contributed by atoms with Crippen LogP contribution in [0.15, 0.2) is 4.79 Å². The number of phosphoric acid groups is 3. The highest BCUT2D eigenvalue weighted by Crippen LogP contribution is 2.66. The van der Waals surface area contributed by atoms with Gasteiger partial charge in [-0.3, -0.25) is 14.3 Å². The van der Waals surface area contributed by atoms with E-state index in [2.05, 4.69) is 28.4 Å². The van der Waals surface area contributed by atoms with Gasteiger partial charge < -0.3 is 49.6 Å². The molecular weight excluding hydrogens is 531 g/mol. The summed E-state index contributed by atoms with van der Waals surface area (Å²) in [4.78, 5) is 57.7. The number of aromatic amines is 1. The number of phosphoric ester groups is 1. The van der Waals surface area contributed by atoms with Gasteiger partial charge in [0.1, 0.15) is 24.0 Å². The number of ether oxygens (including phenoxy) is 1. The third kappa shape index (κ3) is 6.03. The average Bonchev–Trinajstić information content (AvgIpc) is 3.14. The summed E-state index contributed by atoms with van der Waals surface area (Å²) in [6.45, 7) is -0.963. The van der Waals surface area contributed by atoms with Crippen molar-refractivity contribution in [2.75, 3.05) is 42.5 Å². The molecule has 1 aromatic rings. The van der Waals surface area contributed by atoms with Gasteiger partial charge in [-0.15, -0.1) is 0 Å². The number of hydrogen-bond donors (Lipinski definition) is 8. The summed E-state index contributed by atoms with van der Waals surface area (Å²) >= 11 is 0. The first-order chi connectivity index (χ1) is 15.5. The molecule has 0 bridgehead atoms. The Morgan fingerprint density at radius 1 is 1.15 bits per heavy atom. The number of hydrogen-bond acceptors (Lipinski definition) is 14. The molecule has 0 aromatic carbocycles. The highest BCUT2D eigenvalue weighted by atomic mass is 31.3. The Balaban J connectivity index is 1.72. The Kier molecular flexibility index (Phi) is 7.63. The minimum atomic E-state index is -5.72. The predicted octanol–water partition coefficient (Wildman–Crippen LogP) is -2.18. The number of aromatic nitrogens is 2. The molecule has 0 saturated carbocycles. The highest BCUT2D eigenvalue weighted by Gasteiger charge is 2.50. The third-order valence-corrected chi connectivity index (χ3v) is 8.40.